The number of likely N-dealkylation sites (tertiary alicyclic amines) is 1. The third-order valence-electron chi connectivity index (χ3n) is 3.99. The Morgan fingerprint density at radius 3 is 2.00 bits per heavy atom. The van der Waals surface area contributed by atoms with Gasteiger partial charge in [-0.15, -0.1) is 0 Å². The van der Waals surface area contributed by atoms with Crippen LogP contribution in [0.25, 0.3) is 0 Å². The van der Waals surface area contributed by atoms with Crippen LogP contribution in [0.15, 0.2) is 0 Å². The van der Waals surface area contributed by atoms with Crippen molar-refractivity contribution in [2.24, 2.45) is 0 Å². The Balaban J connectivity index is 2.03. The van der Waals surface area contributed by atoms with Crippen LogP contribution in [-0.2, 0) is 0 Å². The fourth-order valence-electron chi connectivity index (χ4n) is 2.90. The van der Waals surface area contributed by atoms with E-state index in [0.29, 0.717) is 13.1 Å². The lowest BCUT2D eigenvalue weighted by atomic mass is 9.80. The van der Waals surface area contributed by atoms with Crippen molar-refractivity contribution >= 4 is 0 Å². The Bertz CT molecular complexity index is 280. The minimum absolute atomic E-state index is 0.0869. The summed E-state index contributed by atoms with van der Waals surface area (Å²) in [5.74, 6) is -2.51. The first-order valence-electron chi connectivity index (χ1n) is 6.12. The van der Waals surface area contributed by atoms with Gasteiger partial charge in [-0.3, -0.25) is 4.90 Å². The highest BCUT2D eigenvalue weighted by molar-refractivity contribution is 5.10. The second kappa shape index (κ2) is 4.29. The van der Waals surface area contributed by atoms with Crippen LogP contribution in [0.3, 0.4) is 0 Å². The molecule has 2 nitrogen and oxygen atoms in total. The van der Waals surface area contributed by atoms with Crippen molar-refractivity contribution in [3.05, 3.63) is 0 Å². The van der Waals surface area contributed by atoms with Gasteiger partial charge in [-0.2, -0.15) is 5.26 Å². The lowest BCUT2D eigenvalue weighted by molar-refractivity contribution is -0.0752. The quantitative estimate of drug-likeness (QED) is 0.690. The number of halogens is 2. The van der Waals surface area contributed by atoms with Crippen LogP contribution >= 0.6 is 0 Å². The molecule has 0 aromatic heterocycles. The Hall–Kier alpha value is -0.690. The molecule has 0 unspecified atom stereocenters. The fraction of sp³-hybridized carbons (Fsp3) is 0.917. The van der Waals surface area contributed by atoms with Gasteiger partial charge in [0.05, 0.1) is 6.07 Å². The molecule has 4 heteroatoms. The van der Waals surface area contributed by atoms with E-state index in [4.69, 9.17) is 0 Å². The molecule has 16 heavy (non-hydrogen) atoms. The fourth-order valence-corrected chi connectivity index (χ4v) is 2.90. The number of nitriles is 1. The molecule has 1 saturated heterocycles. The summed E-state index contributed by atoms with van der Waals surface area (Å²) in [5.41, 5.74) is -0.436. The van der Waals surface area contributed by atoms with Crippen molar-refractivity contribution in [2.45, 2.75) is 56.4 Å². The van der Waals surface area contributed by atoms with Crippen LogP contribution < -0.4 is 0 Å². The first-order chi connectivity index (χ1) is 7.58. The molecule has 0 amide bonds. The molecule has 90 valence electrons. The van der Waals surface area contributed by atoms with Crippen molar-refractivity contribution < 1.29 is 8.78 Å². The predicted octanol–water partition coefficient (Wildman–Crippen LogP) is 2.94. The highest BCUT2D eigenvalue weighted by atomic mass is 19.3. The van der Waals surface area contributed by atoms with Crippen molar-refractivity contribution in [2.75, 3.05) is 13.1 Å². The van der Waals surface area contributed by atoms with Gasteiger partial charge in [-0.1, -0.05) is 19.3 Å². The second-order valence-electron chi connectivity index (χ2n) is 5.05. The molecule has 1 aliphatic carbocycles. The Morgan fingerprint density at radius 1 is 0.938 bits per heavy atom. The zero-order valence-electron chi connectivity index (χ0n) is 9.51. The minimum atomic E-state index is -2.51. The average molecular weight is 228 g/mol. The van der Waals surface area contributed by atoms with Gasteiger partial charge < -0.3 is 0 Å². The van der Waals surface area contributed by atoms with E-state index < -0.39 is 11.5 Å². The molecule has 0 N–H and O–H groups in total. The molecule has 2 fully saturated rings. The van der Waals surface area contributed by atoms with Crippen molar-refractivity contribution in [3.63, 3.8) is 0 Å². The maximum absolute atomic E-state index is 13.1. The molecule has 1 aliphatic heterocycles. The van der Waals surface area contributed by atoms with E-state index in [9.17, 15) is 14.0 Å². The standard InChI is InChI=1S/C12H18F2N2/c13-12(14)6-8-16(9-7-12)11(10-15)4-2-1-3-5-11/h1-9H2. The predicted molar refractivity (Wildman–Crippen MR) is 57.2 cm³/mol. The maximum atomic E-state index is 13.1. The van der Waals surface area contributed by atoms with E-state index in [0.717, 1.165) is 25.7 Å². The summed E-state index contributed by atoms with van der Waals surface area (Å²) in [6.07, 6.45) is 4.82. The zero-order chi connectivity index (χ0) is 11.6. The van der Waals surface area contributed by atoms with Gasteiger partial charge in [-0.25, -0.2) is 8.78 Å². The molecular formula is C12H18F2N2. The number of nitrogens with zero attached hydrogens (tertiary/aromatic N) is 2. The van der Waals surface area contributed by atoms with E-state index in [2.05, 4.69) is 6.07 Å². The normalized spacial score (nSPS) is 29.6. The molecule has 0 aromatic carbocycles. The van der Waals surface area contributed by atoms with E-state index >= 15 is 0 Å². The Labute approximate surface area is 95.2 Å². The van der Waals surface area contributed by atoms with E-state index in [1.165, 1.54) is 6.42 Å². The zero-order valence-corrected chi connectivity index (χ0v) is 9.51. The number of rotatable bonds is 1. The molecule has 0 radical (unpaired) electrons. The number of alkyl halides is 2. The molecule has 0 bridgehead atoms. The number of hydrogen-bond donors (Lipinski definition) is 0. The van der Waals surface area contributed by atoms with Crippen LogP contribution in [0.5, 0.6) is 0 Å². The van der Waals surface area contributed by atoms with E-state index in [1.807, 2.05) is 4.90 Å². The van der Waals surface area contributed by atoms with Gasteiger partial charge in [-0.05, 0) is 12.8 Å². The Morgan fingerprint density at radius 2 is 1.50 bits per heavy atom. The minimum Gasteiger partial charge on any atom is -0.285 e. The lowest BCUT2D eigenvalue weighted by Gasteiger charge is -2.44. The van der Waals surface area contributed by atoms with E-state index in [1.54, 1.807) is 0 Å². The third kappa shape index (κ3) is 2.20. The van der Waals surface area contributed by atoms with Gasteiger partial charge in [0.2, 0.25) is 0 Å². The molecule has 0 spiro atoms. The van der Waals surface area contributed by atoms with Gasteiger partial charge in [0, 0.05) is 25.9 Å². The summed E-state index contributed by atoms with van der Waals surface area (Å²) in [7, 11) is 0. The molecule has 1 saturated carbocycles. The largest absolute Gasteiger partial charge is 0.285 e. The summed E-state index contributed by atoms with van der Waals surface area (Å²) in [6.45, 7) is 0.751. The van der Waals surface area contributed by atoms with E-state index in [-0.39, 0.29) is 12.8 Å². The first kappa shape index (κ1) is 11.8. The van der Waals surface area contributed by atoms with Crippen LogP contribution in [0.4, 0.5) is 8.78 Å². The molecule has 1 heterocycles. The summed E-state index contributed by atoms with van der Waals surface area (Å²) < 4.78 is 26.1. The highest BCUT2D eigenvalue weighted by Crippen LogP contribution is 2.37. The van der Waals surface area contributed by atoms with Crippen LogP contribution in [-0.4, -0.2) is 29.5 Å². The lowest BCUT2D eigenvalue weighted by Crippen LogP contribution is -2.54. The van der Waals surface area contributed by atoms with Crippen LogP contribution in [0.1, 0.15) is 44.9 Å². The van der Waals surface area contributed by atoms with Gasteiger partial charge in [0.15, 0.2) is 0 Å². The van der Waals surface area contributed by atoms with Crippen molar-refractivity contribution in [3.8, 4) is 6.07 Å². The van der Waals surface area contributed by atoms with Gasteiger partial charge >= 0.3 is 0 Å². The molecule has 0 atom stereocenters. The number of piperidine rings is 1. The molecule has 2 aliphatic rings. The van der Waals surface area contributed by atoms with Crippen LogP contribution in [0, 0.1) is 11.3 Å². The average Bonchev–Trinajstić information content (AvgIpc) is 2.30. The monoisotopic (exact) mass is 228 g/mol. The van der Waals surface area contributed by atoms with Gasteiger partial charge in [0.25, 0.3) is 5.92 Å². The number of hydrogen-bond acceptors (Lipinski definition) is 2. The molecule has 2 rings (SSSR count). The van der Waals surface area contributed by atoms with Crippen LogP contribution in [0.2, 0.25) is 0 Å². The molecular weight excluding hydrogens is 210 g/mol. The highest BCUT2D eigenvalue weighted by Gasteiger charge is 2.43. The summed E-state index contributed by atoms with van der Waals surface area (Å²) in [6, 6.07) is 2.40. The summed E-state index contributed by atoms with van der Waals surface area (Å²) in [4.78, 5) is 2.00. The maximum Gasteiger partial charge on any atom is 0.250 e. The van der Waals surface area contributed by atoms with Gasteiger partial charge in [0.1, 0.15) is 5.54 Å². The third-order valence-corrected chi connectivity index (χ3v) is 3.99. The van der Waals surface area contributed by atoms with Crippen molar-refractivity contribution in [1.82, 2.24) is 4.90 Å². The first-order valence-corrected chi connectivity index (χ1v) is 6.12. The SMILES string of the molecule is N#CC1(N2CCC(F)(F)CC2)CCCCC1. The summed E-state index contributed by atoms with van der Waals surface area (Å²) in [5, 5.41) is 9.34. The molecule has 0 aromatic rings. The summed E-state index contributed by atoms with van der Waals surface area (Å²) >= 11 is 0. The second-order valence-corrected chi connectivity index (χ2v) is 5.05. The smallest absolute Gasteiger partial charge is 0.250 e. The van der Waals surface area contributed by atoms with Crippen molar-refractivity contribution in [1.29, 1.82) is 5.26 Å². The topological polar surface area (TPSA) is 27.0 Å². The Kier molecular flexibility index (Phi) is 3.16.